The summed E-state index contributed by atoms with van der Waals surface area (Å²) in [6, 6.07) is 6.82. The molecule has 1 nitrogen and oxygen atoms in total. The summed E-state index contributed by atoms with van der Waals surface area (Å²) in [4.78, 5) is 11.4. The summed E-state index contributed by atoms with van der Waals surface area (Å²) in [5, 5.41) is 0.436. The van der Waals surface area contributed by atoms with E-state index in [2.05, 4.69) is 0 Å². The monoisotopic (exact) mass is 200 g/mol. The Labute approximate surface area is 81.5 Å². The SMILES string of the molecule is O=C(CCCF)c1ccccc1Cl. The summed E-state index contributed by atoms with van der Waals surface area (Å²) in [7, 11) is 0. The van der Waals surface area contributed by atoms with E-state index in [0.29, 0.717) is 10.6 Å². The van der Waals surface area contributed by atoms with Crippen molar-refractivity contribution in [2.24, 2.45) is 0 Å². The third kappa shape index (κ3) is 2.81. The molecule has 0 unspecified atom stereocenters. The Hall–Kier alpha value is -0.890. The van der Waals surface area contributed by atoms with E-state index in [9.17, 15) is 9.18 Å². The van der Waals surface area contributed by atoms with Gasteiger partial charge in [0.15, 0.2) is 5.78 Å². The Morgan fingerprint density at radius 2 is 2.08 bits per heavy atom. The fourth-order valence-electron chi connectivity index (χ4n) is 1.05. The highest BCUT2D eigenvalue weighted by molar-refractivity contribution is 6.33. The van der Waals surface area contributed by atoms with E-state index in [4.69, 9.17) is 11.6 Å². The fourth-order valence-corrected chi connectivity index (χ4v) is 1.29. The van der Waals surface area contributed by atoms with Crippen molar-refractivity contribution in [3.8, 4) is 0 Å². The van der Waals surface area contributed by atoms with E-state index < -0.39 is 6.67 Å². The van der Waals surface area contributed by atoms with Gasteiger partial charge in [0.1, 0.15) is 0 Å². The first-order valence-electron chi connectivity index (χ1n) is 4.09. The molecule has 0 amide bonds. The Morgan fingerprint density at radius 3 is 2.69 bits per heavy atom. The molecule has 0 aliphatic rings. The molecule has 0 aromatic heterocycles. The number of rotatable bonds is 4. The van der Waals surface area contributed by atoms with Gasteiger partial charge in [0.2, 0.25) is 0 Å². The maximum Gasteiger partial charge on any atom is 0.164 e. The van der Waals surface area contributed by atoms with E-state index in [1.807, 2.05) is 0 Å². The van der Waals surface area contributed by atoms with Gasteiger partial charge in [-0.15, -0.1) is 0 Å². The zero-order valence-corrected chi connectivity index (χ0v) is 7.85. The lowest BCUT2D eigenvalue weighted by Gasteiger charge is -2.00. The molecule has 0 atom stereocenters. The number of carbonyl (C=O) groups excluding carboxylic acids is 1. The number of hydrogen-bond acceptors (Lipinski definition) is 1. The van der Waals surface area contributed by atoms with Crippen molar-refractivity contribution in [3.63, 3.8) is 0 Å². The number of carbonyl (C=O) groups is 1. The summed E-state index contributed by atoms with van der Waals surface area (Å²) < 4.78 is 11.8. The summed E-state index contributed by atoms with van der Waals surface area (Å²) in [6.45, 7) is -0.462. The standard InChI is InChI=1S/C10H10ClFO/c11-9-5-2-1-4-8(9)10(13)6-3-7-12/h1-2,4-5H,3,6-7H2. The quantitative estimate of drug-likeness (QED) is 0.682. The van der Waals surface area contributed by atoms with Crippen molar-refractivity contribution in [3.05, 3.63) is 34.9 Å². The van der Waals surface area contributed by atoms with E-state index in [0.717, 1.165) is 0 Å². The van der Waals surface area contributed by atoms with Crippen molar-refractivity contribution < 1.29 is 9.18 Å². The third-order valence-corrected chi connectivity index (χ3v) is 2.04. The Kier molecular flexibility index (Phi) is 3.90. The zero-order valence-electron chi connectivity index (χ0n) is 7.09. The van der Waals surface area contributed by atoms with Crippen LogP contribution in [-0.2, 0) is 0 Å². The van der Waals surface area contributed by atoms with Crippen molar-refractivity contribution in [1.29, 1.82) is 0 Å². The van der Waals surface area contributed by atoms with Gasteiger partial charge in [-0.3, -0.25) is 9.18 Å². The number of hydrogen-bond donors (Lipinski definition) is 0. The van der Waals surface area contributed by atoms with Crippen LogP contribution in [0.15, 0.2) is 24.3 Å². The first-order valence-corrected chi connectivity index (χ1v) is 4.47. The van der Waals surface area contributed by atoms with Gasteiger partial charge in [-0.25, -0.2) is 0 Å². The largest absolute Gasteiger partial charge is 0.294 e. The molecule has 1 aromatic carbocycles. The van der Waals surface area contributed by atoms with Crippen LogP contribution in [-0.4, -0.2) is 12.5 Å². The van der Waals surface area contributed by atoms with E-state index in [1.54, 1.807) is 24.3 Å². The molecule has 1 rings (SSSR count). The molecular weight excluding hydrogens is 191 g/mol. The number of Topliss-reactive ketones (excluding diaryl/α,β-unsaturated/α-hetero) is 1. The minimum atomic E-state index is -0.462. The average Bonchev–Trinajstić information content (AvgIpc) is 2.15. The van der Waals surface area contributed by atoms with Gasteiger partial charge in [-0.1, -0.05) is 23.7 Å². The van der Waals surface area contributed by atoms with Gasteiger partial charge < -0.3 is 0 Å². The van der Waals surface area contributed by atoms with Gasteiger partial charge in [0.05, 0.1) is 11.7 Å². The Bertz CT molecular complexity index is 299. The van der Waals surface area contributed by atoms with Gasteiger partial charge in [0, 0.05) is 12.0 Å². The van der Waals surface area contributed by atoms with Crippen molar-refractivity contribution in [2.75, 3.05) is 6.67 Å². The van der Waals surface area contributed by atoms with Crippen LogP contribution in [0, 0.1) is 0 Å². The maximum absolute atomic E-state index is 11.8. The second-order valence-corrected chi connectivity index (χ2v) is 3.10. The molecule has 0 saturated heterocycles. The second kappa shape index (κ2) is 4.97. The van der Waals surface area contributed by atoms with Crippen LogP contribution in [0.3, 0.4) is 0 Å². The second-order valence-electron chi connectivity index (χ2n) is 2.70. The smallest absolute Gasteiger partial charge is 0.164 e. The molecule has 0 aliphatic carbocycles. The molecular formula is C10H10ClFO. The molecule has 13 heavy (non-hydrogen) atoms. The number of alkyl halides is 1. The lowest BCUT2D eigenvalue weighted by atomic mass is 10.1. The number of halogens is 2. The van der Waals surface area contributed by atoms with Crippen LogP contribution in [0.1, 0.15) is 23.2 Å². The summed E-state index contributed by atoms with van der Waals surface area (Å²) >= 11 is 5.78. The van der Waals surface area contributed by atoms with Gasteiger partial charge in [-0.05, 0) is 18.6 Å². The fraction of sp³-hybridized carbons (Fsp3) is 0.300. The van der Waals surface area contributed by atoms with E-state index >= 15 is 0 Å². The predicted molar refractivity (Wildman–Crippen MR) is 51.0 cm³/mol. The molecule has 0 N–H and O–H groups in total. The highest BCUT2D eigenvalue weighted by Gasteiger charge is 2.08. The van der Waals surface area contributed by atoms with Crippen LogP contribution in [0.25, 0.3) is 0 Å². The summed E-state index contributed by atoms with van der Waals surface area (Å²) in [6.07, 6.45) is 0.490. The molecule has 0 radical (unpaired) electrons. The summed E-state index contributed by atoms with van der Waals surface area (Å²) in [5.41, 5.74) is 0.484. The van der Waals surface area contributed by atoms with Crippen LogP contribution >= 0.6 is 11.6 Å². The van der Waals surface area contributed by atoms with Gasteiger partial charge in [-0.2, -0.15) is 0 Å². The summed E-state index contributed by atoms with van der Waals surface area (Å²) in [5.74, 6) is -0.0942. The van der Waals surface area contributed by atoms with Crippen LogP contribution < -0.4 is 0 Å². The normalized spacial score (nSPS) is 10.0. The molecule has 0 heterocycles. The predicted octanol–water partition coefficient (Wildman–Crippen LogP) is 3.27. The topological polar surface area (TPSA) is 17.1 Å². The number of ketones is 1. The third-order valence-electron chi connectivity index (χ3n) is 1.71. The highest BCUT2D eigenvalue weighted by atomic mass is 35.5. The first kappa shape index (κ1) is 10.2. The maximum atomic E-state index is 11.8. The Morgan fingerprint density at radius 1 is 1.38 bits per heavy atom. The van der Waals surface area contributed by atoms with Crippen molar-refractivity contribution >= 4 is 17.4 Å². The Balaban J connectivity index is 2.71. The molecule has 70 valence electrons. The molecule has 0 fully saturated rings. The molecule has 3 heteroatoms. The van der Waals surface area contributed by atoms with Crippen LogP contribution in [0.5, 0.6) is 0 Å². The molecule has 0 bridgehead atoms. The van der Waals surface area contributed by atoms with Crippen LogP contribution in [0.4, 0.5) is 4.39 Å². The molecule has 0 saturated carbocycles. The van der Waals surface area contributed by atoms with Gasteiger partial charge in [0.25, 0.3) is 0 Å². The zero-order chi connectivity index (χ0) is 9.68. The lowest BCUT2D eigenvalue weighted by Crippen LogP contribution is -1.99. The van der Waals surface area contributed by atoms with E-state index in [-0.39, 0.29) is 18.6 Å². The van der Waals surface area contributed by atoms with Crippen molar-refractivity contribution in [2.45, 2.75) is 12.8 Å². The molecule has 0 aliphatic heterocycles. The van der Waals surface area contributed by atoms with Gasteiger partial charge >= 0.3 is 0 Å². The molecule has 0 spiro atoms. The lowest BCUT2D eigenvalue weighted by molar-refractivity contribution is 0.0977. The average molecular weight is 201 g/mol. The van der Waals surface area contributed by atoms with E-state index in [1.165, 1.54) is 0 Å². The highest BCUT2D eigenvalue weighted by Crippen LogP contribution is 2.17. The van der Waals surface area contributed by atoms with Crippen LogP contribution in [0.2, 0.25) is 5.02 Å². The number of benzene rings is 1. The minimum absolute atomic E-state index is 0.0942. The molecule has 1 aromatic rings. The minimum Gasteiger partial charge on any atom is -0.294 e. The van der Waals surface area contributed by atoms with Crippen molar-refractivity contribution in [1.82, 2.24) is 0 Å². The first-order chi connectivity index (χ1) is 6.25.